The first-order chi connectivity index (χ1) is 8.33. The van der Waals surface area contributed by atoms with Gasteiger partial charge in [0.15, 0.2) is 0 Å². The van der Waals surface area contributed by atoms with Gasteiger partial charge in [-0.05, 0) is 34.9 Å². The maximum Gasteiger partial charge on any atom is 0.119 e. The van der Waals surface area contributed by atoms with Crippen LogP contribution in [0.4, 0.5) is 0 Å². The van der Waals surface area contributed by atoms with Crippen LogP contribution in [0.25, 0.3) is 10.8 Å². The molecule has 0 aromatic heterocycles. The zero-order valence-electron chi connectivity index (χ0n) is 9.87. The number of alkyl halides is 1. The minimum absolute atomic E-state index is 0.505. The highest BCUT2D eigenvalue weighted by Crippen LogP contribution is 2.21. The van der Waals surface area contributed by atoms with Crippen LogP contribution in [0.15, 0.2) is 36.4 Å². The molecule has 0 spiro atoms. The average Bonchev–Trinajstić information content (AvgIpc) is 2.38. The Hall–Kier alpha value is -1.25. The molecule has 2 aromatic rings. The van der Waals surface area contributed by atoms with Crippen molar-refractivity contribution in [3.05, 3.63) is 42.0 Å². The van der Waals surface area contributed by atoms with Crippen molar-refractivity contribution in [1.29, 1.82) is 0 Å². The largest absolute Gasteiger partial charge is 0.497 e. The molecule has 0 amide bonds. The molecule has 2 aromatic carbocycles. The number of rotatable bonds is 5. The number of hydrogen-bond acceptors (Lipinski definition) is 2. The molecular formula is C14H16ClNO. The zero-order valence-corrected chi connectivity index (χ0v) is 10.6. The summed E-state index contributed by atoms with van der Waals surface area (Å²) < 4.78 is 5.21. The Kier molecular flexibility index (Phi) is 4.24. The molecule has 90 valence electrons. The molecule has 0 bridgehead atoms. The maximum atomic E-state index is 5.57. The minimum Gasteiger partial charge on any atom is -0.497 e. The molecule has 0 fully saturated rings. The summed E-state index contributed by atoms with van der Waals surface area (Å²) in [6, 6.07) is 13.1. The number of halogens is 1. The Morgan fingerprint density at radius 1 is 1.12 bits per heavy atom. The Morgan fingerprint density at radius 2 is 1.88 bits per heavy atom. The van der Waals surface area contributed by atoms with Gasteiger partial charge in [0.2, 0.25) is 0 Å². The second-order valence-electron chi connectivity index (χ2n) is 3.93. The molecule has 0 heterocycles. The van der Waals surface area contributed by atoms with Gasteiger partial charge in [-0.1, -0.05) is 24.3 Å². The van der Waals surface area contributed by atoms with E-state index < -0.39 is 0 Å². The second kappa shape index (κ2) is 5.89. The predicted octanol–water partition coefficient (Wildman–Crippen LogP) is 3.18. The van der Waals surface area contributed by atoms with Crippen molar-refractivity contribution >= 4 is 22.4 Å². The second-order valence-corrected chi connectivity index (χ2v) is 4.20. The van der Waals surface area contributed by atoms with Crippen LogP contribution in [-0.4, -0.2) is 19.7 Å². The van der Waals surface area contributed by atoms with Crippen molar-refractivity contribution in [1.82, 2.24) is 5.32 Å². The molecule has 0 atom stereocenters. The van der Waals surface area contributed by atoms with Gasteiger partial charge >= 0.3 is 0 Å². The summed E-state index contributed by atoms with van der Waals surface area (Å²) in [5, 5.41) is 5.56. The fourth-order valence-corrected chi connectivity index (χ4v) is 1.99. The van der Waals surface area contributed by atoms with E-state index in [9.17, 15) is 0 Å². The molecule has 0 aliphatic heterocycles. The minimum atomic E-state index is 0.505. The van der Waals surface area contributed by atoms with Crippen molar-refractivity contribution < 1.29 is 4.74 Å². The lowest BCUT2D eigenvalue weighted by Gasteiger charge is -2.06. The average molecular weight is 250 g/mol. The first-order valence-electron chi connectivity index (χ1n) is 5.67. The Morgan fingerprint density at radius 3 is 2.65 bits per heavy atom. The first kappa shape index (κ1) is 12.2. The molecule has 0 unspecified atom stereocenters. The van der Waals surface area contributed by atoms with Gasteiger partial charge in [-0.3, -0.25) is 0 Å². The summed E-state index contributed by atoms with van der Waals surface area (Å²) in [6.45, 7) is 0.908. The van der Waals surface area contributed by atoms with E-state index in [0.717, 1.165) is 18.7 Å². The third-order valence-corrected chi connectivity index (χ3v) is 2.99. The Bertz CT molecular complexity index is 499. The maximum absolute atomic E-state index is 5.57. The molecule has 3 heteroatoms. The smallest absolute Gasteiger partial charge is 0.119 e. The van der Waals surface area contributed by atoms with Gasteiger partial charge in [-0.2, -0.15) is 0 Å². The third-order valence-electron chi connectivity index (χ3n) is 2.80. The van der Waals surface area contributed by atoms with Crippen LogP contribution in [-0.2, 0) is 6.42 Å². The Balaban J connectivity index is 2.19. The van der Waals surface area contributed by atoms with Gasteiger partial charge in [-0.25, -0.2) is 0 Å². The highest BCUT2D eigenvalue weighted by molar-refractivity contribution is 6.17. The van der Waals surface area contributed by atoms with E-state index in [-0.39, 0.29) is 0 Å². The van der Waals surface area contributed by atoms with E-state index in [4.69, 9.17) is 16.3 Å². The number of hydrogen-bond donors (Lipinski definition) is 1. The van der Waals surface area contributed by atoms with E-state index in [1.165, 1.54) is 16.3 Å². The van der Waals surface area contributed by atoms with Crippen LogP contribution in [0.2, 0.25) is 0 Å². The third kappa shape index (κ3) is 3.11. The Labute approximate surface area is 107 Å². The van der Waals surface area contributed by atoms with Crippen LogP contribution >= 0.6 is 11.6 Å². The van der Waals surface area contributed by atoms with Crippen molar-refractivity contribution in [2.75, 3.05) is 19.7 Å². The van der Waals surface area contributed by atoms with Gasteiger partial charge in [0.25, 0.3) is 0 Å². The summed E-state index contributed by atoms with van der Waals surface area (Å²) in [7, 11) is 1.69. The molecule has 0 radical (unpaired) electrons. The number of ether oxygens (including phenoxy) is 1. The van der Waals surface area contributed by atoms with E-state index >= 15 is 0 Å². The molecule has 2 rings (SSSR count). The molecule has 0 aliphatic rings. The van der Waals surface area contributed by atoms with Crippen LogP contribution in [0.3, 0.4) is 0 Å². The standard InChI is InChI=1S/C14H16ClNO/c1-17-14-5-4-12-8-11(6-7-16-10-15)2-3-13(12)9-14/h2-5,8-9,16H,6-7,10H2,1H3. The summed E-state index contributed by atoms with van der Waals surface area (Å²) in [4.78, 5) is 0. The summed E-state index contributed by atoms with van der Waals surface area (Å²) in [5.74, 6) is 0.897. The summed E-state index contributed by atoms with van der Waals surface area (Å²) in [6.07, 6.45) is 0.995. The van der Waals surface area contributed by atoms with E-state index in [1.807, 2.05) is 6.07 Å². The van der Waals surface area contributed by atoms with Crippen LogP contribution in [0.1, 0.15) is 5.56 Å². The number of nitrogens with one attached hydrogen (secondary N) is 1. The lowest BCUT2D eigenvalue weighted by Crippen LogP contribution is -2.14. The van der Waals surface area contributed by atoms with Gasteiger partial charge in [0.1, 0.15) is 5.75 Å². The fourth-order valence-electron chi connectivity index (χ4n) is 1.86. The SMILES string of the molecule is COc1ccc2cc(CCNCCl)ccc2c1. The highest BCUT2D eigenvalue weighted by Gasteiger charge is 1.98. The lowest BCUT2D eigenvalue weighted by molar-refractivity contribution is 0.415. The van der Waals surface area contributed by atoms with Crippen molar-refractivity contribution in [3.63, 3.8) is 0 Å². The molecule has 17 heavy (non-hydrogen) atoms. The van der Waals surface area contributed by atoms with Crippen LogP contribution in [0.5, 0.6) is 5.75 Å². The summed E-state index contributed by atoms with van der Waals surface area (Å²) in [5.41, 5.74) is 1.32. The van der Waals surface area contributed by atoms with Gasteiger partial charge in [0.05, 0.1) is 13.1 Å². The van der Waals surface area contributed by atoms with Crippen molar-refractivity contribution in [3.8, 4) is 5.75 Å². The molecule has 0 saturated heterocycles. The number of fused-ring (bicyclic) bond motifs is 1. The van der Waals surface area contributed by atoms with Crippen molar-refractivity contribution in [2.45, 2.75) is 6.42 Å². The van der Waals surface area contributed by atoms with E-state index in [2.05, 4.69) is 35.6 Å². The quantitative estimate of drug-likeness (QED) is 0.499. The molecule has 0 aliphatic carbocycles. The van der Waals surface area contributed by atoms with Crippen LogP contribution < -0.4 is 10.1 Å². The monoisotopic (exact) mass is 249 g/mol. The number of methoxy groups -OCH3 is 1. The lowest BCUT2D eigenvalue weighted by atomic mass is 10.0. The van der Waals surface area contributed by atoms with Gasteiger partial charge < -0.3 is 10.1 Å². The fraction of sp³-hybridized carbons (Fsp3) is 0.286. The van der Waals surface area contributed by atoms with E-state index in [0.29, 0.717) is 6.00 Å². The first-order valence-corrected chi connectivity index (χ1v) is 6.20. The topological polar surface area (TPSA) is 21.3 Å². The predicted molar refractivity (Wildman–Crippen MR) is 72.9 cm³/mol. The van der Waals surface area contributed by atoms with Gasteiger partial charge in [-0.15, -0.1) is 11.6 Å². The molecule has 2 nitrogen and oxygen atoms in total. The van der Waals surface area contributed by atoms with Crippen LogP contribution in [0, 0.1) is 0 Å². The number of benzene rings is 2. The molecule has 1 N–H and O–H groups in total. The van der Waals surface area contributed by atoms with Crippen molar-refractivity contribution in [2.24, 2.45) is 0 Å². The molecular weight excluding hydrogens is 234 g/mol. The molecule has 0 saturated carbocycles. The normalized spacial score (nSPS) is 10.7. The zero-order chi connectivity index (χ0) is 12.1. The van der Waals surface area contributed by atoms with E-state index in [1.54, 1.807) is 7.11 Å². The highest BCUT2D eigenvalue weighted by atomic mass is 35.5. The van der Waals surface area contributed by atoms with Gasteiger partial charge in [0, 0.05) is 6.54 Å². The summed E-state index contributed by atoms with van der Waals surface area (Å²) >= 11 is 5.57.